The van der Waals surface area contributed by atoms with Crippen LogP contribution >= 0.6 is 0 Å². The molecule has 0 spiro atoms. The van der Waals surface area contributed by atoms with E-state index in [0.29, 0.717) is 16.8 Å². The van der Waals surface area contributed by atoms with Crippen LogP contribution in [-0.4, -0.2) is 27.3 Å². The number of halogens is 1. The second-order valence-corrected chi connectivity index (χ2v) is 8.39. The molecule has 0 saturated carbocycles. The van der Waals surface area contributed by atoms with Crippen molar-refractivity contribution < 1.29 is 22.4 Å². The summed E-state index contributed by atoms with van der Waals surface area (Å²) in [6.07, 6.45) is 0. The van der Waals surface area contributed by atoms with Gasteiger partial charge in [-0.05, 0) is 67.1 Å². The highest BCUT2D eigenvalue weighted by Crippen LogP contribution is 2.20. The van der Waals surface area contributed by atoms with Crippen molar-refractivity contribution in [3.8, 4) is 0 Å². The van der Waals surface area contributed by atoms with Crippen LogP contribution in [0.3, 0.4) is 0 Å². The van der Waals surface area contributed by atoms with E-state index in [4.69, 9.17) is 0 Å². The summed E-state index contributed by atoms with van der Waals surface area (Å²) in [5, 5.41) is 5.19. The van der Waals surface area contributed by atoms with E-state index in [1.54, 1.807) is 24.3 Å². The van der Waals surface area contributed by atoms with E-state index < -0.39 is 21.7 Å². The Morgan fingerprint density at radius 3 is 2.19 bits per heavy atom. The average molecular weight is 441 g/mol. The zero-order valence-electron chi connectivity index (χ0n) is 16.8. The fraction of sp³-hybridized carbons (Fsp3) is 0.0909. The highest BCUT2D eigenvalue weighted by Gasteiger charge is 2.17. The zero-order valence-corrected chi connectivity index (χ0v) is 17.6. The Hall–Kier alpha value is -3.72. The van der Waals surface area contributed by atoms with Crippen molar-refractivity contribution in [3.63, 3.8) is 0 Å². The van der Waals surface area contributed by atoms with Gasteiger partial charge in [0.25, 0.3) is 21.8 Å². The lowest BCUT2D eigenvalue weighted by atomic mass is 10.1. The summed E-state index contributed by atoms with van der Waals surface area (Å²) in [4.78, 5) is 23.9. The standard InChI is InChI=1S/C22H20FN3O4S/c1-14-6-11-19(13-20(14)23)31(29,30)26-18-5-3-4-16(12-18)22(28)25-17-9-7-15(8-10-17)21(27)24-2/h3-13,26H,1-2H3,(H,24,27)(H,25,28). The van der Waals surface area contributed by atoms with Gasteiger partial charge >= 0.3 is 0 Å². The minimum atomic E-state index is -4.03. The molecule has 0 aliphatic rings. The first-order chi connectivity index (χ1) is 14.7. The molecule has 0 aliphatic heterocycles. The Balaban J connectivity index is 1.75. The number of hydrogen-bond donors (Lipinski definition) is 3. The summed E-state index contributed by atoms with van der Waals surface area (Å²) >= 11 is 0. The van der Waals surface area contributed by atoms with Gasteiger partial charge in [-0.15, -0.1) is 0 Å². The molecule has 3 rings (SSSR count). The van der Waals surface area contributed by atoms with Crippen LogP contribution in [0.1, 0.15) is 26.3 Å². The van der Waals surface area contributed by atoms with Gasteiger partial charge in [0.1, 0.15) is 5.82 Å². The van der Waals surface area contributed by atoms with Gasteiger partial charge in [0, 0.05) is 29.5 Å². The van der Waals surface area contributed by atoms with Crippen molar-refractivity contribution in [1.82, 2.24) is 5.32 Å². The van der Waals surface area contributed by atoms with Crippen LogP contribution in [0.2, 0.25) is 0 Å². The number of nitrogens with one attached hydrogen (secondary N) is 3. The highest BCUT2D eigenvalue weighted by molar-refractivity contribution is 7.92. The van der Waals surface area contributed by atoms with Crippen LogP contribution in [-0.2, 0) is 10.0 Å². The normalized spacial score (nSPS) is 10.9. The van der Waals surface area contributed by atoms with Crippen molar-refractivity contribution in [2.45, 2.75) is 11.8 Å². The van der Waals surface area contributed by atoms with Crippen LogP contribution in [0.25, 0.3) is 0 Å². The fourth-order valence-electron chi connectivity index (χ4n) is 2.73. The third-order valence-electron chi connectivity index (χ3n) is 4.46. The molecule has 3 aromatic carbocycles. The molecule has 0 aliphatic carbocycles. The van der Waals surface area contributed by atoms with Crippen molar-refractivity contribution in [3.05, 3.63) is 89.2 Å². The number of carbonyl (C=O) groups is 2. The topological polar surface area (TPSA) is 104 Å². The summed E-state index contributed by atoms with van der Waals surface area (Å²) < 4.78 is 41.2. The molecule has 3 aromatic rings. The molecule has 9 heteroatoms. The summed E-state index contributed by atoms with van der Waals surface area (Å²) in [6.45, 7) is 1.54. The van der Waals surface area contributed by atoms with Crippen LogP contribution in [0.5, 0.6) is 0 Å². The molecule has 0 atom stereocenters. The number of sulfonamides is 1. The first-order valence-corrected chi connectivity index (χ1v) is 10.7. The maximum Gasteiger partial charge on any atom is 0.261 e. The third kappa shape index (κ3) is 5.26. The van der Waals surface area contributed by atoms with Crippen LogP contribution in [0, 0.1) is 12.7 Å². The molecule has 160 valence electrons. The number of hydrogen-bond acceptors (Lipinski definition) is 4. The van der Waals surface area contributed by atoms with E-state index >= 15 is 0 Å². The van der Waals surface area contributed by atoms with Crippen molar-refractivity contribution in [2.24, 2.45) is 0 Å². The van der Waals surface area contributed by atoms with Gasteiger partial charge in [0.05, 0.1) is 4.90 Å². The molecule has 0 saturated heterocycles. The molecule has 7 nitrogen and oxygen atoms in total. The molecule has 31 heavy (non-hydrogen) atoms. The Kier molecular flexibility index (Phi) is 6.36. The lowest BCUT2D eigenvalue weighted by Gasteiger charge is -2.11. The minimum Gasteiger partial charge on any atom is -0.355 e. The van der Waals surface area contributed by atoms with E-state index in [1.807, 2.05) is 0 Å². The van der Waals surface area contributed by atoms with E-state index in [9.17, 15) is 22.4 Å². The number of benzene rings is 3. The average Bonchev–Trinajstić information content (AvgIpc) is 2.75. The van der Waals surface area contributed by atoms with Gasteiger partial charge in [0.2, 0.25) is 0 Å². The molecule has 0 fully saturated rings. The summed E-state index contributed by atoms with van der Waals surface area (Å²) in [7, 11) is -2.51. The number of carbonyl (C=O) groups excluding carboxylic acids is 2. The van der Waals surface area contributed by atoms with Gasteiger partial charge in [-0.1, -0.05) is 12.1 Å². The van der Waals surface area contributed by atoms with Gasteiger partial charge < -0.3 is 10.6 Å². The molecule has 0 heterocycles. The molecule has 3 N–H and O–H groups in total. The SMILES string of the molecule is CNC(=O)c1ccc(NC(=O)c2cccc(NS(=O)(=O)c3ccc(C)c(F)c3)c2)cc1. The maximum atomic E-state index is 13.7. The van der Waals surface area contributed by atoms with Gasteiger partial charge in [-0.3, -0.25) is 14.3 Å². The first-order valence-electron chi connectivity index (χ1n) is 9.22. The Bertz CT molecular complexity index is 1240. The maximum absolute atomic E-state index is 13.7. The Labute approximate surface area is 179 Å². The largest absolute Gasteiger partial charge is 0.355 e. The predicted molar refractivity (Wildman–Crippen MR) is 116 cm³/mol. The Morgan fingerprint density at radius 1 is 0.839 bits per heavy atom. The number of anilines is 2. The molecule has 0 radical (unpaired) electrons. The number of rotatable bonds is 6. The van der Waals surface area contributed by atoms with Crippen molar-refractivity contribution >= 4 is 33.2 Å². The van der Waals surface area contributed by atoms with Crippen LogP contribution in [0.15, 0.2) is 71.6 Å². The lowest BCUT2D eigenvalue weighted by molar-refractivity contribution is 0.0962. The molecule has 2 amide bonds. The number of aryl methyl sites for hydroxylation is 1. The number of amides is 2. The fourth-order valence-corrected chi connectivity index (χ4v) is 3.79. The smallest absolute Gasteiger partial charge is 0.261 e. The van der Waals surface area contributed by atoms with Gasteiger partial charge in [0.15, 0.2) is 0 Å². The van der Waals surface area contributed by atoms with E-state index in [0.717, 1.165) is 6.07 Å². The molecular weight excluding hydrogens is 421 g/mol. The molecule has 0 bridgehead atoms. The minimum absolute atomic E-state index is 0.156. The van der Waals surface area contributed by atoms with E-state index in [2.05, 4.69) is 15.4 Å². The van der Waals surface area contributed by atoms with Crippen molar-refractivity contribution in [2.75, 3.05) is 17.1 Å². The Morgan fingerprint density at radius 2 is 1.55 bits per heavy atom. The van der Waals surface area contributed by atoms with Crippen LogP contribution < -0.4 is 15.4 Å². The molecular formula is C22H20FN3O4S. The van der Waals surface area contributed by atoms with Crippen molar-refractivity contribution in [1.29, 1.82) is 0 Å². The zero-order chi connectivity index (χ0) is 22.6. The molecule has 0 unspecified atom stereocenters. The van der Waals surface area contributed by atoms with E-state index in [-0.39, 0.29) is 22.1 Å². The summed E-state index contributed by atoms with van der Waals surface area (Å²) in [6, 6.07) is 15.8. The van der Waals surface area contributed by atoms with E-state index in [1.165, 1.54) is 50.4 Å². The molecule has 0 aromatic heterocycles. The van der Waals surface area contributed by atoms with Gasteiger partial charge in [-0.2, -0.15) is 0 Å². The lowest BCUT2D eigenvalue weighted by Crippen LogP contribution is -2.18. The highest BCUT2D eigenvalue weighted by atomic mass is 32.2. The predicted octanol–water partition coefficient (Wildman–Crippen LogP) is 3.55. The second kappa shape index (κ2) is 8.97. The van der Waals surface area contributed by atoms with Gasteiger partial charge in [-0.25, -0.2) is 12.8 Å². The first kappa shape index (κ1) is 22.0. The quantitative estimate of drug-likeness (QED) is 0.544. The summed E-state index contributed by atoms with van der Waals surface area (Å²) in [5.41, 5.74) is 1.62. The monoisotopic (exact) mass is 441 g/mol. The third-order valence-corrected chi connectivity index (χ3v) is 5.84. The summed E-state index contributed by atoms with van der Waals surface area (Å²) in [5.74, 6) is -1.33. The second-order valence-electron chi connectivity index (χ2n) is 6.71. The van der Waals surface area contributed by atoms with Crippen LogP contribution in [0.4, 0.5) is 15.8 Å².